The summed E-state index contributed by atoms with van der Waals surface area (Å²) >= 11 is 2.02. The first-order chi connectivity index (χ1) is 7.68. The molecule has 3 heteroatoms. The van der Waals surface area contributed by atoms with E-state index in [-0.39, 0.29) is 11.5 Å². The number of halogens is 1. The van der Waals surface area contributed by atoms with Crippen molar-refractivity contribution in [3.05, 3.63) is 63.2 Å². The summed E-state index contributed by atoms with van der Waals surface area (Å²) in [6.45, 7) is 0. The summed E-state index contributed by atoms with van der Waals surface area (Å²) in [5.41, 5.74) is 1.13. The van der Waals surface area contributed by atoms with Gasteiger partial charge in [0.2, 0.25) is 0 Å². The molecule has 2 nitrogen and oxygen atoms in total. The maximum absolute atomic E-state index is 12.0. The number of benzene rings is 2. The zero-order chi connectivity index (χ0) is 11.5. The van der Waals surface area contributed by atoms with Crippen LogP contribution in [0.15, 0.2) is 48.5 Å². The van der Waals surface area contributed by atoms with Crippen molar-refractivity contribution in [2.24, 2.45) is 0 Å². The van der Waals surface area contributed by atoms with E-state index >= 15 is 0 Å². The van der Waals surface area contributed by atoms with Crippen molar-refractivity contribution in [2.45, 2.75) is 0 Å². The van der Waals surface area contributed by atoms with E-state index in [1.54, 1.807) is 24.3 Å². The minimum Gasteiger partial charge on any atom is -0.507 e. The largest absolute Gasteiger partial charge is 0.507 e. The molecule has 0 spiro atoms. The fraction of sp³-hybridized carbons (Fsp3) is 0. The average molecular weight is 324 g/mol. The quantitative estimate of drug-likeness (QED) is 0.680. The fourth-order valence-corrected chi connectivity index (χ4v) is 1.75. The van der Waals surface area contributed by atoms with Gasteiger partial charge >= 0.3 is 0 Å². The van der Waals surface area contributed by atoms with Crippen molar-refractivity contribution >= 4 is 28.4 Å². The smallest absolute Gasteiger partial charge is 0.193 e. The number of carbonyl (C=O) groups is 1. The first-order valence-corrected chi connectivity index (χ1v) is 5.84. The van der Waals surface area contributed by atoms with Crippen molar-refractivity contribution in [2.75, 3.05) is 0 Å². The molecule has 16 heavy (non-hydrogen) atoms. The van der Waals surface area contributed by atoms with Crippen LogP contribution in [0.5, 0.6) is 5.75 Å². The van der Waals surface area contributed by atoms with E-state index < -0.39 is 0 Å². The van der Waals surface area contributed by atoms with Crippen LogP contribution >= 0.6 is 22.6 Å². The Hall–Kier alpha value is -1.36. The van der Waals surface area contributed by atoms with Gasteiger partial charge < -0.3 is 5.11 Å². The highest BCUT2D eigenvalue weighted by Gasteiger charge is 2.09. The van der Waals surface area contributed by atoms with Gasteiger partial charge in [0.25, 0.3) is 0 Å². The lowest BCUT2D eigenvalue weighted by Crippen LogP contribution is -2.00. The van der Waals surface area contributed by atoms with Gasteiger partial charge in [0.15, 0.2) is 5.78 Å². The second kappa shape index (κ2) is 4.65. The zero-order valence-corrected chi connectivity index (χ0v) is 10.5. The highest BCUT2D eigenvalue weighted by Crippen LogP contribution is 2.22. The maximum atomic E-state index is 12.0. The fourth-order valence-electron chi connectivity index (χ4n) is 1.41. The van der Waals surface area contributed by atoms with Crippen LogP contribution in [0.2, 0.25) is 0 Å². The van der Waals surface area contributed by atoms with Gasteiger partial charge in [0, 0.05) is 11.1 Å². The number of hydrogen-bond donors (Lipinski definition) is 1. The molecule has 1 N–H and O–H groups in total. The molecule has 0 saturated heterocycles. The lowest BCUT2D eigenvalue weighted by molar-refractivity contribution is 0.103. The molecule has 0 aliphatic rings. The Morgan fingerprint density at radius 3 is 2.31 bits per heavy atom. The van der Waals surface area contributed by atoms with Crippen LogP contribution in [-0.2, 0) is 0 Å². The van der Waals surface area contributed by atoms with Gasteiger partial charge in [0.1, 0.15) is 5.75 Å². The Balaban J connectivity index is 2.39. The van der Waals surface area contributed by atoms with Crippen LogP contribution in [0, 0.1) is 3.57 Å². The van der Waals surface area contributed by atoms with Crippen molar-refractivity contribution in [1.29, 1.82) is 0 Å². The van der Waals surface area contributed by atoms with Gasteiger partial charge in [-0.2, -0.15) is 0 Å². The molecule has 0 amide bonds. The van der Waals surface area contributed by atoms with Crippen LogP contribution in [0.3, 0.4) is 0 Å². The molecule has 0 radical (unpaired) electrons. The van der Waals surface area contributed by atoms with E-state index in [0.29, 0.717) is 11.1 Å². The van der Waals surface area contributed by atoms with E-state index in [9.17, 15) is 9.90 Å². The van der Waals surface area contributed by atoms with Crippen LogP contribution in [-0.4, -0.2) is 10.9 Å². The Bertz CT molecular complexity index is 521. The predicted molar refractivity (Wildman–Crippen MR) is 70.7 cm³/mol. The molecular weight excluding hydrogens is 315 g/mol. The second-order valence-electron chi connectivity index (χ2n) is 3.36. The number of carbonyl (C=O) groups excluding carboxylic acids is 1. The van der Waals surface area contributed by atoms with Crippen LogP contribution in [0.4, 0.5) is 0 Å². The van der Waals surface area contributed by atoms with Crippen LogP contribution < -0.4 is 0 Å². The van der Waals surface area contributed by atoms with Gasteiger partial charge in [0.05, 0.1) is 3.57 Å². The molecule has 0 saturated carbocycles. The molecule has 0 aliphatic heterocycles. The summed E-state index contributed by atoms with van der Waals surface area (Å²) in [6, 6.07) is 14.0. The number of phenolic OH excluding ortho intramolecular Hbond substituents is 1. The Kier molecular flexibility index (Phi) is 3.24. The Labute approximate surface area is 107 Å². The third-order valence-electron chi connectivity index (χ3n) is 2.24. The molecule has 2 aromatic rings. The number of phenols is 1. The molecule has 2 aromatic carbocycles. The highest BCUT2D eigenvalue weighted by atomic mass is 127. The molecule has 0 atom stereocenters. The van der Waals surface area contributed by atoms with Crippen molar-refractivity contribution in [3.8, 4) is 5.75 Å². The minimum absolute atomic E-state index is 0.0766. The summed E-state index contributed by atoms with van der Waals surface area (Å²) in [6.07, 6.45) is 0. The van der Waals surface area contributed by atoms with Crippen molar-refractivity contribution < 1.29 is 9.90 Å². The summed E-state index contributed by atoms with van der Waals surface area (Å²) < 4.78 is 0.738. The van der Waals surface area contributed by atoms with Gasteiger partial charge in [-0.3, -0.25) is 4.79 Å². The molecule has 0 unspecified atom stereocenters. The molecule has 0 aromatic heterocycles. The van der Waals surface area contributed by atoms with Crippen molar-refractivity contribution in [3.63, 3.8) is 0 Å². The van der Waals surface area contributed by atoms with Gasteiger partial charge in [-0.15, -0.1) is 0 Å². The van der Waals surface area contributed by atoms with Gasteiger partial charge in [-0.1, -0.05) is 30.3 Å². The Morgan fingerprint density at radius 1 is 1.00 bits per heavy atom. The highest BCUT2D eigenvalue weighted by molar-refractivity contribution is 14.1. The molecule has 0 aliphatic carbocycles. The topological polar surface area (TPSA) is 37.3 Å². The maximum Gasteiger partial charge on any atom is 0.193 e. The Morgan fingerprint density at radius 2 is 1.69 bits per heavy atom. The number of rotatable bonds is 2. The molecule has 80 valence electrons. The SMILES string of the molecule is O=C(c1ccccc1)c1ccc(I)c(O)c1. The monoisotopic (exact) mass is 324 g/mol. The van der Waals surface area contributed by atoms with Crippen molar-refractivity contribution in [1.82, 2.24) is 0 Å². The average Bonchev–Trinajstić information content (AvgIpc) is 2.33. The van der Waals surface area contributed by atoms with E-state index in [2.05, 4.69) is 0 Å². The summed E-state index contributed by atoms with van der Waals surface area (Å²) in [5, 5.41) is 9.54. The normalized spacial score (nSPS) is 10.1. The first kappa shape index (κ1) is 11.1. The van der Waals surface area contributed by atoms with E-state index in [4.69, 9.17) is 0 Å². The summed E-state index contributed by atoms with van der Waals surface area (Å²) in [5.74, 6) is 0.0645. The van der Waals surface area contributed by atoms with E-state index in [0.717, 1.165) is 3.57 Å². The number of aromatic hydroxyl groups is 1. The lowest BCUT2D eigenvalue weighted by Gasteiger charge is -2.02. The van der Waals surface area contributed by atoms with Crippen LogP contribution in [0.25, 0.3) is 0 Å². The molecule has 0 heterocycles. The third kappa shape index (κ3) is 2.24. The molecule has 0 fully saturated rings. The predicted octanol–water partition coefficient (Wildman–Crippen LogP) is 3.23. The third-order valence-corrected chi connectivity index (χ3v) is 3.16. The summed E-state index contributed by atoms with van der Waals surface area (Å²) in [7, 11) is 0. The number of ketones is 1. The van der Waals surface area contributed by atoms with Crippen LogP contribution in [0.1, 0.15) is 15.9 Å². The van der Waals surface area contributed by atoms with Gasteiger partial charge in [-0.05, 0) is 40.8 Å². The standard InChI is InChI=1S/C13H9IO2/c14-11-7-6-10(8-12(11)15)13(16)9-4-2-1-3-5-9/h1-8,15H. The summed E-state index contributed by atoms with van der Waals surface area (Å²) in [4.78, 5) is 12.0. The zero-order valence-electron chi connectivity index (χ0n) is 8.35. The molecular formula is C13H9IO2. The molecule has 0 bridgehead atoms. The van der Waals surface area contributed by atoms with E-state index in [1.165, 1.54) is 6.07 Å². The lowest BCUT2D eigenvalue weighted by atomic mass is 10.0. The number of hydrogen-bond acceptors (Lipinski definition) is 2. The second-order valence-corrected chi connectivity index (χ2v) is 4.52. The van der Waals surface area contributed by atoms with E-state index in [1.807, 2.05) is 40.8 Å². The van der Waals surface area contributed by atoms with Gasteiger partial charge in [-0.25, -0.2) is 0 Å². The minimum atomic E-state index is -0.0766. The molecule has 2 rings (SSSR count). The first-order valence-electron chi connectivity index (χ1n) is 4.77.